The van der Waals surface area contributed by atoms with E-state index < -0.39 is 169 Å². The summed E-state index contributed by atoms with van der Waals surface area (Å²) in [5.74, 6) is -0.496. The van der Waals surface area contributed by atoms with Gasteiger partial charge in [-0.15, -0.1) is 0 Å². The van der Waals surface area contributed by atoms with Gasteiger partial charge in [-0.25, -0.2) is 23.9 Å². The number of aromatic amines is 2. The SMILES string of the molecule is COCCOC1C[C@@H](COP(=O)([O-])O[C@@H]2C(OCCOC)[C@H](n3cnc4c(=O)[nH]c(N)nc43)O[C@@H]2COP(=O)(O)O[C@@H]2C(OCCOC)[C@H](n3cc(C)c(=O)[nH]c3=O)O[C@@H]2COP([O-])(=S)O[C@@H]2C(OCCOC)[C@H](n3cc(C)c(N)nc3=O)O[C@@H]2CO)O[C@H]1n1cc(C)c(N)nc1=O. The predicted octanol–water partition coefficient (Wildman–Crippen LogP) is -3.69. The Morgan fingerprint density at radius 1 is 0.582 bits per heavy atom. The number of phosphoric ester groups is 2. The zero-order chi connectivity index (χ0) is 71.0. The van der Waals surface area contributed by atoms with Crippen LogP contribution in [-0.2, 0) is 105 Å². The van der Waals surface area contributed by atoms with E-state index in [-0.39, 0.29) is 93.6 Å². The summed E-state index contributed by atoms with van der Waals surface area (Å²) in [6.07, 6.45) is -18.3. The Kier molecular flexibility index (Phi) is 26.2. The molecule has 7 unspecified atom stereocenters. The molecule has 46 heteroatoms. The summed E-state index contributed by atoms with van der Waals surface area (Å²) in [6.45, 7) is -5.08. The molecule has 0 spiro atoms. The van der Waals surface area contributed by atoms with Gasteiger partial charge in [0, 0.05) is 70.1 Å². The standard InChI is InChI=1S/C52H78N13O29P3S/c1-25-17-62(50(69)57-40(25)53)45-29(81-12-8-77-4)16-28(88-45)21-85-95(72,73)92-35-31(91-48(39(35)84-15-11-80-7)65-24-56-33-42(65)59-49(55)60-44(33)68)22-86-96(74,75)93-36-32(90-47(38(36)83-14-10-79-6)64-19-27(3)43(67)61-52(64)71)23-87-97(76,98)94-34-30(20-66)89-46(37(34)82-13-9-78-5)63-18-26(2)41(54)58-51(63)70/h17-19,24,28-32,34-39,45-48,66H,8-16,20-23H2,1-7H3,(H,72,73)(H,74,75)(H,76,98)(H2,53,57,69)(H2,54,58,70)(H,61,67,71)(H3,55,59,60,68)/p-2/t28-,29?,30+,31+,32+,34-,35-,36-,37?,38?,39?,45+,46+,47+,48+,97?/m0/s1. The average Bonchev–Trinajstić information content (AvgIpc) is 1.62. The number of nitrogens with zero attached hydrogens (tertiary/aromatic N) is 8. The largest absolute Gasteiger partial charge is 0.780 e. The molecule has 9 heterocycles. The molecule has 0 saturated carbocycles. The number of hydrogen-bond donors (Lipinski definition) is 7. The van der Waals surface area contributed by atoms with E-state index in [2.05, 4.69) is 29.9 Å². The van der Waals surface area contributed by atoms with Gasteiger partial charge in [0.2, 0.25) is 5.95 Å². The third-order valence-corrected chi connectivity index (χ3v) is 19.1. The van der Waals surface area contributed by atoms with E-state index in [1.165, 1.54) is 47.8 Å². The third-order valence-electron chi connectivity index (χ3n) is 15.6. The van der Waals surface area contributed by atoms with Crippen LogP contribution in [-0.4, -0.2) is 233 Å². The molecular formula is C52H76N13O29P3S-2. The Hall–Kier alpha value is -5.58. The molecule has 9 rings (SSSR count). The first kappa shape index (κ1) is 76.6. The number of rotatable bonds is 36. The van der Waals surface area contributed by atoms with Crippen molar-refractivity contribution in [3.8, 4) is 0 Å². The van der Waals surface area contributed by atoms with Gasteiger partial charge in [0.05, 0.1) is 91.7 Å². The lowest BCUT2D eigenvalue weighted by atomic mass is 10.1. The number of aromatic nitrogens is 10. The Balaban J connectivity index is 1.01. The zero-order valence-electron chi connectivity index (χ0n) is 53.6. The number of fused-ring (bicyclic) bond motifs is 1. The molecule has 5 aromatic rings. The first-order chi connectivity index (χ1) is 46.6. The summed E-state index contributed by atoms with van der Waals surface area (Å²) >= 11 is 5.40. The molecule has 98 heavy (non-hydrogen) atoms. The number of hydrogen-bond acceptors (Lipinski definition) is 36. The minimum Gasteiger partial charge on any atom is -0.780 e. The molecule has 4 aliphatic heterocycles. The van der Waals surface area contributed by atoms with E-state index in [4.69, 9.17) is 113 Å². The second kappa shape index (κ2) is 33.5. The molecule has 0 radical (unpaired) electrons. The van der Waals surface area contributed by atoms with Gasteiger partial charge in [0.15, 0.2) is 36.1 Å². The first-order valence-corrected chi connectivity index (χ1v) is 35.4. The van der Waals surface area contributed by atoms with Crippen LogP contribution in [0.25, 0.3) is 11.2 Å². The van der Waals surface area contributed by atoms with E-state index in [0.717, 1.165) is 30.8 Å². The van der Waals surface area contributed by atoms with Crippen molar-refractivity contribution in [2.75, 3.05) is 125 Å². The number of aryl methyl sites for hydroxylation is 3. The summed E-state index contributed by atoms with van der Waals surface area (Å²) in [5.41, 5.74) is 13.6. The Morgan fingerprint density at radius 2 is 1.07 bits per heavy atom. The Morgan fingerprint density at radius 3 is 1.63 bits per heavy atom. The van der Waals surface area contributed by atoms with E-state index in [1.54, 1.807) is 13.8 Å². The van der Waals surface area contributed by atoms with Gasteiger partial charge in [-0.05, 0) is 20.8 Å². The highest BCUT2D eigenvalue weighted by molar-refractivity contribution is 8.06. The van der Waals surface area contributed by atoms with Crippen molar-refractivity contribution in [1.29, 1.82) is 0 Å². The van der Waals surface area contributed by atoms with Gasteiger partial charge < -0.3 is 112 Å². The first-order valence-electron chi connectivity index (χ1n) is 29.9. The lowest BCUT2D eigenvalue weighted by Gasteiger charge is -2.35. The van der Waals surface area contributed by atoms with Gasteiger partial charge in [-0.2, -0.15) is 15.0 Å². The van der Waals surface area contributed by atoms with Crippen molar-refractivity contribution in [3.05, 3.63) is 93.8 Å². The molecule has 10 N–H and O–H groups in total. The molecule has 0 aromatic carbocycles. The summed E-state index contributed by atoms with van der Waals surface area (Å²) < 4.78 is 138. The van der Waals surface area contributed by atoms with E-state index in [9.17, 15) is 52.9 Å². The number of nitrogens with two attached hydrogens (primary N) is 3. The molecule has 0 bridgehead atoms. The molecule has 5 aromatic heterocycles. The van der Waals surface area contributed by atoms with Crippen LogP contribution >= 0.6 is 22.4 Å². The second-order valence-electron chi connectivity index (χ2n) is 22.4. The smallest absolute Gasteiger partial charge is 0.472 e. The lowest BCUT2D eigenvalue weighted by molar-refractivity contribution is -0.236. The van der Waals surface area contributed by atoms with E-state index in [0.29, 0.717) is 11.1 Å². The second-order valence-corrected chi connectivity index (χ2v) is 27.8. The Labute approximate surface area is 560 Å². The zero-order valence-corrected chi connectivity index (χ0v) is 57.1. The minimum absolute atomic E-state index is 0.00618. The van der Waals surface area contributed by atoms with Crippen molar-refractivity contribution in [2.24, 2.45) is 0 Å². The number of nitrogen functional groups attached to an aromatic ring is 3. The monoisotopic (exact) mass is 1470 g/mol. The fraction of sp³-hybridized carbons (Fsp3) is 0.673. The van der Waals surface area contributed by atoms with E-state index in [1.807, 2.05) is 0 Å². The van der Waals surface area contributed by atoms with Crippen LogP contribution < -0.4 is 55.2 Å². The van der Waals surface area contributed by atoms with Gasteiger partial charge in [0.1, 0.15) is 79.4 Å². The fourth-order valence-electron chi connectivity index (χ4n) is 10.9. The van der Waals surface area contributed by atoms with Crippen molar-refractivity contribution < 1.29 is 113 Å². The number of aliphatic hydroxyl groups is 1. The van der Waals surface area contributed by atoms with Gasteiger partial charge >= 0.3 is 24.9 Å². The van der Waals surface area contributed by atoms with E-state index >= 15 is 0 Å². The fourth-order valence-corrected chi connectivity index (χ4v) is 14.3. The molecule has 4 saturated heterocycles. The number of H-pyrrole nitrogens is 2. The topological polar surface area (TPSA) is 553 Å². The van der Waals surface area contributed by atoms with Crippen LogP contribution in [0.15, 0.2) is 48.9 Å². The van der Waals surface area contributed by atoms with Gasteiger partial charge in [-0.3, -0.25) is 51.4 Å². The van der Waals surface area contributed by atoms with Gasteiger partial charge in [-0.1, -0.05) is 11.8 Å². The minimum atomic E-state index is -5.74. The molecule has 0 aliphatic carbocycles. The third kappa shape index (κ3) is 18.4. The predicted molar refractivity (Wildman–Crippen MR) is 332 cm³/mol. The highest BCUT2D eigenvalue weighted by Gasteiger charge is 2.55. The number of anilines is 3. The van der Waals surface area contributed by atoms with Crippen LogP contribution in [0.4, 0.5) is 17.6 Å². The normalized spacial score (nSPS) is 28.4. The van der Waals surface area contributed by atoms with Gasteiger partial charge in [0.25, 0.3) is 18.9 Å². The average molecular weight is 1470 g/mol. The molecule has 4 aliphatic rings. The van der Waals surface area contributed by atoms with Crippen LogP contribution in [0.1, 0.15) is 48.0 Å². The number of ether oxygens (including phenoxy) is 12. The number of imidazole rings is 1. The summed E-state index contributed by atoms with van der Waals surface area (Å²) in [5, 5.41) is 10.6. The maximum absolute atomic E-state index is 14.8. The summed E-state index contributed by atoms with van der Waals surface area (Å²) in [6, 6.07) is 0. The Bertz CT molecular complexity index is 4010. The van der Waals surface area contributed by atoms with Crippen molar-refractivity contribution in [2.45, 2.75) is 119 Å². The quantitative estimate of drug-likeness (QED) is 0.0150. The maximum atomic E-state index is 14.8. The molecular weight excluding hydrogens is 1400 g/mol. The van der Waals surface area contributed by atoms with Crippen LogP contribution in [0, 0.1) is 20.8 Å². The molecule has 546 valence electrons. The lowest BCUT2D eigenvalue weighted by Crippen LogP contribution is -2.42. The van der Waals surface area contributed by atoms with Crippen molar-refractivity contribution in [1.82, 2.24) is 48.2 Å². The summed E-state index contributed by atoms with van der Waals surface area (Å²) in [7, 11) is -5.94. The van der Waals surface area contributed by atoms with Crippen LogP contribution in [0.3, 0.4) is 0 Å². The number of phosphoric acid groups is 2. The molecule has 4 fully saturated rings. The molecule has 18 atom stereocenters. The number of aliphatic hydroxyl groups excluding tert-OH is 1. The highest BCUT2D eigenvalue weighted by Crippen LogP contribution is 2.53. The van der Waals surface area contributed by atoms with Crippen molar-refractivity contribution >= 4 is 62.9 Å². The summed E-state index contributed by atoms with van der Waals surface area (Å²) in [4.78, 5) is 127. The van der Waals surface area contributed by atoms with Crippen molar-refractivity contribution in [3.63, 3.8) is 0 Å². The van der Waals surface area contributed by atoms with Crippen LogP contribution in [0.2, 0.25) is 0 Å². The number of methoxy groups -OCH3 is 4. The maximum Gasteiger partial charge on any atom is 0.472 e. The number of nitrogens with one attached hydrogen (secondary N) is 2. The highest BCUT2D eigenvalue weighted by atomic mass is 32.5. The van der Waals surface area contributed by atoms with Crippen LogP contribution in [0.5, 0.6) is 0 Å². The molecule has 42 nitrogen and oxygen atoms in total. The molecule has 0 amide bonds.